The smallest absolute Gasteiger partial charge is 0.254 e. The number of halogens is 1. The molecular formula is C16H15FN2O2. The average molecular weight is 286 g/mol. The van der Waals surface area contributed by atoms with Gasteiger partial charge >= 0.3 is 0 Å². The van der Waals surface area contributed by atoms with Gasteiger partial charge < -0.3 is 10.0 Å². The topological polar surface area (TPSA) is 53.4 Å². The standard InChI is InChI=1S/C16H15FN2O2/c17-14-3-1-12(2-4-14)16(21)19-6-5-15-13(9-19)7-11(10-20)8-18-15/h1-4,7-8,20H,5-6,9-10H2. The molecule has 0 saturated heterocycles. The summed E-state index contributed by atoms with van der Waals surface area (Å²) in [5.74, 6) is -0.470. The van der Waals surface area contributed by atoms with Crippen LogP contribution in [0.2, 0.25) is 0 Å². The zero-order valence-corrected chi connectivity index (χ0v) is 11.4. The fourth-order valence-corrected chi connectivity index (χ4v) is 2.51. The highest BCUT2D eigenvalue weighted by atomic mass is 19.1. The number of fused-ring (bicyclic) bond motifs is 1. The molecule has 1 aromatic heterocycles. The third kappa shape index (κ3) is 2.78. The Morgan fingerprint density at radius 1 is 1.33 bits per heavy atom. The molecule has 0 radical (unpaired) electrons. The van der Waals surface area contributed by atoms with E-state index in [1.165, 1.54) is 24.3 Å². The SMILES string of the molecule is O=C(c1ccc(F)cc1)N1CCc2ncc(CO)cc2C1. The number of nitrogens with zero attached hydrogens (tertiary/aromatic N) is 2. The maximum absolute atomic E-state index is 12.9. The molecule has 0 saturated carbocycles. The van der Waals surface area contributed by atoms with Crippen molar-refractivity contribution in [1.82, 2.24) is 9.88 Å². The van der Waals surface area contributed by atoms with Gasteiger partial charge in [-0.25, -0.2) is 4.39 Å². The zero-order valence-electron chi connectivity index (χ0n) is 11.4. The van der Waals surface area contributed by atoms with Crippen molar-refractivity contribution in [2.45, 2.75) is 19.6 Å². The molecule has 2 heterocycles. The number of amides is 1. The van der Waals surface area contributed by atoms with E-state index in [4.69, 9.17) is 5.11 Å². The maximum Gasteiger partial charge on any atom is 0.254 e. The molecule has 5 heteroatoms. The number of hydrogen-bond donors (Lipinski definition) is 1. The van der Waals surface area contributed by atoms with Gasteiger partial charge in [-0.2, -0.15) is 0 Å². The van der Waals surface area contributed by atoms with Crippen LogP contribution >= 0.6 is 0 Å². The lowest BCUT2D eigenvalue weighted by Crippen LogP contribution is -2.36. The van der Waals surface area contributed by atoms with Crippen LogP contribution in [0.15, 0.2) is 36.5 Å². The van der Waals surface area contributed by atoms with Crippen molar-refractivity contribution in [3.8, 4) is 0 Å². The maximum atomic E-state index is 12.9. The van der Waals surface area contributed by atoms with E-state index in [-0.39, 0.29) is 18.3 Å². The van der Waals surface area contributed by atoms with Gasteiger partial charge in [0.25, 0.3) is 5.91 Å². The summed E-state index contributed by atoms with van der Waals surface area (Å²) >= 11 is 0. The molecule has 1 aliphatic rings. The number of aromatic nitrogens is 1. The first-order chi connectivity index (χ1) is 10.2. The van der Waals surface area contributed by atoms with Gasteiger partial charge in [-0.1, -0.05) is 0 Å². The summed E-state index contributed by atoms with van der Waals surface area (Å²) in [6.45, 7) is 0.993. The van der Waals surface area contributed by atoms with Crippen molar-refractivity contribution in [2.24, 2.45) is 0 Å². The van der Waals surface area contributed by atoms with Gasteiger partial charge in [0, 0.05) is 37.0 Å². The highest BCUT2D eigenvalue weighted by Gasteiger charge is 2.22. The minimum absolute atomic E-state index is 0.0633. The normalized spacial score (nSPS) is 13.9. The first-order valence-electron chi connectivity index (χ1n) is 6.80. The summed E-state index contributed by atoms with van der Waals surface area (Å²) in [4.78, 5) is 18.5. The van der Waals surface area contributed by atoms with E-state index in [2.05, 4.69) is 4.98 Å². The van der Waals surface area contributed by atoms with Gasteiger partial charge in [-0.3, -0.25) is 9.78 Å². The zero-order chi connectivity index (χ0) is 14.8. The molecule has 1 amide bonds. The summed E-state index contributed by atoms with van der Waals surface area (Å²) in [5, 5.41) is 9.16. The quantitative estimate of drug-likeness (QED) is 0.917. The van der Waals surface area contributed by atoms with Crippen molar-refractivity contribution in [1.29, 1.82) is 0 Å². The number of aliphatic hydroxyl groups is 1. The van der Waals surface area contributed by atoms with Crippen molar-refractivity contribution in [3.63, 3.8) is 0 Å². The van der Waals surface area contributed by atoms with Crippen LogP contribution in [0, 0.1) is 5.82 Å². The first-order valence-corrected chi connectivity index (χ1v) is 6.80. The molecule has 0 unspecified atom stereocenters. The molecule has 2 aromatic rings. The summed E-state index contributed by atoms with van der Waals surface area (Å²) in [6.07, 6.45) is 2.35. The molecular weight excluding hydrogens is 271 g/mol. The van der Waals surface area contributed by atoms with Crippen LogP contribution in [0.3, 0.4) is 0 Å². The van der Waals surface area contributed by atoms with Gasteiger partial charge in [-0.05, 0) is 41.5 Å². The average Bonchev–Trinajstić information content (AvgIpc) is 2.53. The lowest BCUT2D eigenvalue weighted by molar-refractivity contribution is 0.0733. The van der Waals surface area contributed by atoms with E-state index < -0.39 is 0 Å². The minimum atomic E-state index is -0.354. The summed E-state index contributed by atoms with van der Waals surface area (Å²) in [5.41, 5.74) is 3.15. The molecule has 1 aliphatic heterocycles. The molecule has 0 fully saturated rings. The summed E-state index contributed by atoms with van der Waals surface area (Å²) in [6, 6.07) is 7.45. The third-order valence-corrected chi connectivity index (χ3v) is 3.66. The van der Waals surface area contributed by atoms with E-state index in [1.54, 1.807) is 11.1 Å². The van der Waals surface area contributed by atoms with E-state index >= 15 is 0 Å². The lowest BCUT2D eigenvalue weighted by Gasteiger charge is -2.28. The van der Waals surface area contributed by atoms with E-state index in [0.717, 1.165) is 16.8 Å². The number of pyridine rings is 1. The number of hydrogen-bond acceptors (Lipinski definition) is 3. The van der Waals surface area contributed by atoms with E-state index in [0.29, 0.717) is 25.1 Å². The molecule has 0 aliphatic carbocycles. The molecule has 1 aromatic carbocycles. The highest BCUT2D eigenvalue weighted by molar-refractivity contribution is 5.94. The molecule has 0 bridgehead atoms. The molecule has 3 rings (SSSR count). The molecule has 4 nitrogen and oxygen atoms in total. The Bertz CT molecular complexity index is 670. The van der Waals surface area contributed by atoms with Crippen LogP contribution in [0.1, 0.15) is 27.2 Å². The minimum Gasteiger partial charge on any atom is -0.392 e. The Labute approximate surface area is 121 Å². The van der Waals surface area contributed by atoms with Crippen LogP contribution in [0.25, 0.3) is 0 Å². The largest absolute Gasteiger partial charge is 0.392 e. The second-order valence-corrected chi connectivity index (χ2v) is 5.09. The Hall–Kier alpha value is -2.27. The fourth-order valence-electron chi connectivity index (χ4n) is 2.51. The summed E-state index contributed by atoms with van der Waals surface area (Å²) < 4.78 is 12.9. The Balaban J connectivity index is 1.81. The number of carbonyl (C=O) groups is 1. The van der Waals surface area contributed by atoms with Gasteiger partial charge in [0.2, 0.25) is 0 Å². The van der Waals surface area contributed by atoms with Crippen molar-refractivity contribution < 1.29 is 14.3 Å². The van der Waals surface area contributed by atoms with E-state index in [9.17, 15) is 9.18 Å². The predicted octanol–water partition coefficient (Wildman–Crippen LogP) is 1.91. The molecule has 1 N–H and O–H groups in total. The van der Waals surface area contributed by atoms with Crippen LogP contribution in [0.4, 0.5) is 4.39 Å². The Morgan fingerprint density at radius 3 is 2.81 bits per heavy atom. The molecule has 21 heavy (non-hydrogen) atoms. The van der Waals surface area contributed by atoms with Crippen molar-refractivity contribution in [2.75, 3.05) is 6.54 Å². The van der Waals surface area contributed by atoms with Crippen LogP contribution in [0.5, 0.6) is 0 Å². The lowest BCUT2D eigenvalue weighted by atomic mass is 10.0. The second-order valence-electron chi connectivity index (χ2n) is 5.09. The number of aliphatic hydroxyl groups excluding tert-OH is 1. The first kappa shape index (κ1) is 13.7. The number of rotatable bonds is 2. The number of carbonyl (C=O) groups excluding carboxylic acids is 1. The highest BCUT2D eigenvalue weighted by Crippen LogP contribution is 2.20. The second kappa shape index (κ2) is 5.61. The monoisotopic (exact) mass is 286 g/mol. The van der Waals surface area contributed by atoms with Crippen LogP contribution < -0.4 is 0 Å². The number of benzene rings is 1. The molecule has 108 valence electrons. The van der Waals surface area contributed by atoms with Crippen LogP contribution in [-0.2, 0) is 19.6 Å². The van der Waals surface area contributed by atoms with E-state index in [1.807, 2.05) is 6.07 Å². The fraction of sp³-hybridized carbons (Fsp3) is 0.250. The van der Waals surface area contributed by atoms with Crippen molar-refractivity contribution >= 4 is 5.91 Å². The van der Waals surface area contributed by atoms with Crippen LogP contribution in [-0.4, -0.2) is 27.4 Å². The van der Waals surface area contributed by atoms with Gasteiger partial charge in [-0.15, -0.1) is 0 Å². The Morgan fingerprint density at radius 2 is 2.10 bits per heavy atom. The van der Waals surface area contributed by atoms with Gasteiger partial charge in [0.15, 0.2) is 0 Å². The van der Waals surface area contributed by atoms with Gasteiger partial charge in [0.1, 0.15) is 5.82 Å². The van der Waals surface area contributed by atoms with Gasteiger partial charge in [0.05, 0.1) is 6.61 Å². The third-order valence-electron chi connectivity index (χ3n) is 3.66. The Kier molecular flexibility index (Phi) is 3.66. The molecule has 0 spiro atoms. The van der Waals surface area contributed by atoms with Crippen molar-refractivity contribution in [3.05, 3.63) is 64.7 Å². The predicted molar refractivity (Wildman–Crippen MR) is 75.0 cm³/mol. The summed E-state index contributed by atoms with van der Waals surface area (Å²) in [7, 11) is 0. The molecule has 0 atom stereocenters.